The van der Waals surface area contributed by atoms with E-state index in [-0.39, 0.29) is 38.4 Å². The molecule has 2 heterocycles. The number of benzene rings is 1. The summed E-state index contributed by atoms with van der Waals surface area (Å²) in [5.41, 5.74) is 1.72. The SMILES string of the molecule is CCCOc1c(Cl)cc(C(=O)Nc2sc3c(c2C(=O)NC2CCS(=O)(=O)C2)CCC(C(C)(C)C)C3)cc1Cl. The molecule has 0 spiro atoms. The van der Waals surface area contributed by atoms with Crippen molar-refractivity contribution in [3.05, 3.63) is 43.7 Å². The van der Waals surface area contributed by atoms with E-state index in [1.54, 1.807) is 0 Å². The van der Waals surface area contributed by atoms with Crippen molar-refractivity contribution < 1.29 is 22.7 Å². The maximum absolute atomic E-state index is 13.5. The van der Waals surface area contributed by atoms with Gasteiger partial charge in [-0.15, -0.1) is 11.3 Å². The lowest BCUT2D eigenvalue weighted by atomic mass is 9.72. The van der Waals surface area contributed by atoms with E-state index in [2.05, 4.69) is 31.4 Å². The van der Waals surface area contributed by atoms with Gasteiger partial charge in [0, 0.05) is 16.5 Å². The number of ether oxygens (including phenoxy) is 1. The zero-order chi connectivity index (χ0) is 27.8. The van der Waals surface area contributed by atoms with Gasteiger partial charge in [0.2, 0.25) is 0 Å². The van der Waals surface area contributed by atoms with Crippen molar-refractivity contribution in [2.24, 2.45) is 11.3 Å². The highest BCUT2D eigenvalue weighted by Gasteiger charge is 2.36. The maximum atomic E-state index is 13.5. The van der Waals surface area contributed by atoms with E-state index in [0.717, 1.165) is 36.1 Å². The summed E-state index contributed by atoms with van der Waals surface area (Å²) in [6, 6.07) is 2.56. The van der Waals surface area contributed by atoms with Crippen molar-refractivity contribution in [1.29, 1.82) is 0 Å². The summed E-state index contributed by atoms with van der Waals surface area (Å²) in [7, 11) is -3.15. The van der Waals surface area contributed by atoms with Gasteiger partial charge in [0.25, 0.3) is 11.8 Å². The fourth-order valence-electron chi connectivity index (χ4n) is 5.03. The van der Waals surface area contributed by atoms with Gasteiger partial charge in [-0.05, 0) is 61.1 Å². The number of carbonyl (C=O) groups excluding carboxylic acids is 2. The molecule has 11 heteroatoms. The molecule has 1 aromatic heterocycles. The van der Waals surface area contributed by atoms with Gasteiger partial charge in [-0.1, -0.05) is 50.9 Å². The first-order valence-electron chi connectivity index (χ1n) is 12.9. The number of sulfone groups is 1. The van der Waals surface area contributed by atoms with Crippen molar-refractivity contribution >= 4 is 61.2 Å². The van der Waals surface area contributed by atoms with Crippen LogP contribution in [0.25, 0.3) is 0 Å². The smallest absolute Gasteiger partial charge is 0.256 e. The highest BCUT2D eigenvalue weighted by atomic mass is 35.5. The van der Waals surface area contributed by atoms with Crippen LogP contribution in [-0.4, -0.2) is 44.4 Å². The molecule has 0 saturated carbocycles. The summed E-state index contributed by atoms with van der Waals surface area (Å²) in [4.78, 5) is 27.9. The molecule has 2 N–H and O–H groups in total. The summed E-state index contributed by atoms with van der Waals surface area (Å²) in [5.74, 6) is -0.0227. The van der Waals surface area contributed by atoms with Crippen LogP contribution in [0, 0.1) is 11.3 Å². The third-order valence-electron chi connectivity index (χ3n) is 7.22. The average Bonchev–Trinajstić information content (AvgIpc) is 3.35. The molecular weight excluding hydrogens is 567 g/mol. The van der Waals surface area contributed by atoms with Gasteiger partial charge in [-0.25, -0.2) is 8.42 Å². The summed E-state index contributed by atoms with van der Waals surface area (Å²) < 4.78 is 29.5. The predicted molar refractivity (Wildman–Crippen MR) is 154 cm³/mol. The van der Waals surface area contributed by atoms with Crippen LogP contribution >= 0.6 is 34.5 Å². The molecule has 2 amide bonds. The van der Waals surface area contributed by atoms with E-state index in [1.807, 2.05) is 6.92 Å². The van der Waals surface area contributed by atoms with Crippen LogP contribution in [-0.2, 0) is 22.7 Å². The quantitative estimate of drug-likeness (QED) is 0.396. The highest BCUT2D eigenvalue weighted by Crippen LogP contribution is 2.44. The fraction of sp³-hybridized carbons (Fsp3) is 0.556. The lowest BCUT2D eigenvalue weighted by Crippen LogP contribution is -2.36. The van der Waals surface area contributed by atoms with E-state index in [1.165, 1.54) is 23.5 Å². The Balaban J connectivity index is 1.64. The standard InChI is InChI=1S/C27H34Cl2N2O5S2/c1-5-9-36-23-19(28)11-15(12-20(23)29)24(32)31-26-22(25(33)30-17-8-10-38(34,35)14-17)18-7-6-16(27(2,3)4)13-21(18)37-26/h11-12,16-17H,5-10,13-14H2,1-4H3,(H,30,33)(H,31,32). The maximum Gasteiger partial charge on any atom is 0.256 e. The Labute approximate surface area is 238 Å². The molecule has 2 unspecified atom stereocenters. The predicted octanol–water partition coefficient (Wildman–Crippen LogP) is 6.16. The first-order chi connectivity index (χ1) is 17.8. The van der Waals surface area contributed by atoms with E-state index in [9.17, 15) is 18.0 Å². The minimum absolute atomic E-state index is 0.0655. The van der Waals surface area contributed by atoms with Crippen molar-refractivity contribution in [3.8, 4) is 5.75 Å². The normalized spacial score (nSPS) is 20.6. The minimum Gasteiger partial charge on any atom is -0.490 e. The molecule has 4 rings (SSSR count). The minimum atomic E-state index is -3.15. The van der Waals surface area contributed by atoms with Gasteiger partial charge in [-0.3, -0.25) is 9.59 Å². The number of fused-ring (bicyclic) bond motifs is 1. The Morgan fingerprint density at radius 2 is 1.82 bits per heavy atom. The lowest BCUT2D eigenvalue weighted by Gasteiger charge is -2.33. The molecule has 1 aliphatic carbocycles. The highest BCUT2D eigenvalue weighted by molar-refractivity contribution is 7.91. The Bertz CT molecular complexity index is 1320. The van der Waals surface area contributed by atoms with Gasteiger partial charge < -0.3 is 15.4 Å². The molecule has 38 heavy (non-hydrogen) atoms. The fourth-order valence-corrected chi connectivity index (χ4v) is 8.62. The van der Waals surface area contributed by atoms with Crippen LogP contribution in [0.15, 0.2) is 12.1 Å². The summed E-state index contributed by atoms with van der Waals surface area (Å²) in [5, 5.41) is 6.74. The van der Waals surface area contributed by atoms with Gasteiger partial charge in [0.15, 0.2) is 15.6 Å². The molecule has 1 aliphatic heterocycles. The molecule has 1 aromatic carbocycles. The molecule has 1 fully saturated rings. The lowest BCUT2D eigenvalue weighted by molar-refractivity contribution is 0.0941. The topological polar surface area (TPSA) is 102 Å². The van der Waals surface area contributed by atoms with Gasteiger partial charge in [0.05, 0.1) is 33.7 Å². The van der Waals surface area contributed by atoms with Gasteiger partial charge >= 0.3 is 0 Å². The third-order valence-corrected chi connectivity index (χ3v) is 10.7. The van der Waals surface area contributed by atoms with E-state index in [0.29, 0.717) is 35.3 Å². The molecule has 208 valence electrons. The van der Waals surface area contributed by atoms with E-state index < -0.39 is 21.8 Å². The first kappa shape index (κ1) is 29.2. The zero-order valence-electron chi connectivity index (χ0n) is 22.1. The molecule has 2 atom stereocenters. The Morgan fingerprint density at radius 1 is 1.13 bits per heavy atom. The summed E-state index contributed by atoms with van der Waals surface area (Å²) in [6.07, 6.45) is 3.64. The molecule has 0 bridgehead atoms. The van der Waals surface area contributed by atoms with Crippen molar-refractivity contribution in [2.45, 2.75) is 65.8 Å². The second-order valence-corrected chi connectivity index (χ2v) is 15.3. The van der Waals surface area contributed by atoms with Crippen LogP contribution in [0.5, 0.6) is 5.75 Å². The Hall–Kier alpha value is -1.81. The molecule has 7 nitrogen and oxygen atoms in total. The van der Waals surface area contributed by atoms with Crippen LogP contribution < -0.4 is 15.4 Å². The molecule has 2 aromatic rings. The van der Waals surface area contributed by atoms with Crippen LogP contribution in [0.3, 0.4) is 0 Å². The summed E-state index contributed by atoms with van der Waals surface area (Å²) >= 11 is 14.1. The number of thiophene rings is 1. The number of anilines is 1. The number of carbonyl (C=O) groups is 2. The van der Waals surface area contributed by atoms with Crippen molar-refractivity contribution in [2.75, 3.05) is 23.4 Å². The van der Waals surface area contributed by atoms with Crippen molar-refractivity contribution in [1.82, 2.24) is 5.32 Å². The molecule has 2 aliphatic rings. The second-order valence-electron chi connectivity index (χ2n) is 11.2. The van der Waals surface area contributed by atoms with Crippen LogP contribution in [0.4, 0.5) is 5.00 Å². The van der Waals surface area contributed by atoms with Crippen LogP contribution in [0.1, 0.15) is 78.1 Å². The monoisotopic (exact) mass is 600 g/mol. The average molecular weight is 602 g/mol. The number of nitrogens with one attached hydrogen (secondary N) is 2. The van der Waals surface area contributed by atoms with Crippen molar-refractivity contribution in [3.63, 3.8) is 0 Å². The largest absolute Gasteiger partial charge is 0.490 e. The van der Waals surface area contributed by atoms with Crippen LogP contribution in [0.2, 0.25) is 10.0 Å². The second kappa shape index (κ2) is 11.4. The number of rotatable bonds is 7. The Kier molecular flexibility index (Phi) is 8.72. The number of halogens is 2. The third kappa shape index (κ3) is 6.49. The van der Waals surface area contributed by atoms with Gasteiger partial charge in [-0.2, -0.15) is 0 Å². The number of amides is 2. The molecule has 0 radical (unpaired) electrons. The first-order valence-corrected chi connectivity index (χ1v) is 16.3. The number of hydrogen-bond acceptors (Lipinski definition) is 6. The Morgan fingerprint density at radius 3 is 2.39 bits per heavy atom. The molecule has 1 saturated heterocycles. The number of hydrogen-bond donors (Lipinski definition) is 2. The summed E-state index contributed by atoms with van der Waals surface area (Å²) in [6.45, 7) is 9.06. The van der Waals surface area contributed by atoms with Gasteiger partial charge in [0.1, 0.15) is 5.00 Å². The van der Waals surface area contributed by atoms with E-state index >= 15 is 0 Å². The zero-order valence-corrected chi connectivity index (χ0v) is 25.2. The van der Waals surface area contributed by atoms with E-state index in [4.69, 9.17) is 27.9 Å². The molecular formula is C27H34Cl2N2O5S2.